The van der Waals surface area contributed by atoms with Crippen molar-refractivity contribution >= 4 is 33.4 Å². The maximum atomic E-state index is 11.8. The van der Waals surface area contributed by atoms with Crippen LogP contribution in [0.2, 0.25) is 5.15 Å². The molecule has 4 N–H and O–H groups in total. The lowest BCUT2D eigenvalue weighted by Gasteiger charge is -2.04. The molecule has 0 saturated carbocycles. The molecule has 0 aliphatic heterocycles. The van der Waals surface area contributed by atoms with Crippen LogP contribution in [0.5, 0.6) is 0 Å². The van der Waals surface area contributed by atoms with Gasteiger partial charge in [-0.3, -0.25) is 5.10 Å². The average molecular weight is 275 g/mol. The van der Waals surface area contributed by atoms with Gasteiger partial charge in [0.05, 0.1) is 6.20 Å². The molecule has 0 aliphatic carbocycles. The number of halogens is 1. The number of nitrogens with two attached hydrogens (primary N) is 1. The van der Waals surface area contributed by atoms with E-state index in [0.717, 1.165) is 6.20 Å². The van der Waals surface area contributed by atoms with Crippen molar-refractivity contribution in [2.24, 2.45) is 0 Å². The summed E-state index contributed by atoms with van der Waals surface area (Å²) in [6.07, 6.45) is 2.41. The number of hydrogen-bond donors (Lipinski definition) is 3. The van der Waals surface area contributed by atoms with Crippen molar-refractivity contribution in [3.63, 3.8) is 0 Å². The highest BCUT2D eigenvalue weighted by Gasteiger charge is 2.20. The summed E-state index contributed by atoms with van der Waals surface area (Å²) in [6.45, 7) is 0. The van der Waals surface area contributed by atoms with E-state index < -0.39 is 10.0 Å². The molecule has 0 aromatic carbocycles. The second kappa shape index (κ2) is 4.18. The summed E-state index contributed by atoms with van der Waals surface area (Å²) >= 11 is 5.60. The summed E-state index contributed by atoms with van der Waals surface area (Å²) in [5.74, 6) is -0.211. The Labute approximate surface area is 101 Å². The number of aromatic amines is 1. The molecule has 0 radical (unpaired) electrons. The van der Waals surface area contributed by atoms with E-state index >= 15 is 0 Å². The number of nitrogen functional groups attached to an aromatic ring is 1. The fourth-order valence-corrected chi connectivity index (χ4v) is 2.17. The van der Waals surface area contributed by atoms with Crippen LogP contribution in [0.15, 0.2) is 23.4 Å². The summed E-state index contributed by atoms with van der Waals surface area (Å²) in [6, 6.07) is 1.42. The predicted molar refractivity (Wildman–Crippen MR) is 60.9 cm³/mol. The van der Waals surface area contributed by atoms with E-state index in [1.807, 2.05) is 0 Å². The number of H-pyrrole nitrogens is 1. The number of nitrogens with one attached hydrogen (secondary N) is 2. The molecular formula is C7H7ClN6O2S. The van der Waals surface area contributed by atoms with Crippen LogP contribution in [0.25, 0.3) is 0 Å². The quantitative estimate of drug-likeness (QED) is 0.688. The van der Waals surface area contributed by atoms with E-state index in [1.165, 1.54) is 12.3 Å². The fraction of sp³-hybridized carbons (Fsp3) is 0. The summed E-state index contributed by atoms with van der Waals surface area (Å²) in [4.78, 5) is 7.22. The number of nitrogens with zero attached hydrogens (tertiary/aromatic N) is 3. The minimum absolute atomic E-state index is 0.0699. The molecule has 0 bridgehead atoms. The Bertz CT molecular complexity index is 639. The van der Waals surface area contributed by atoms with Crippen LogP contribution in [0.3, 0.4) is 0 Å². The Morgan fingerprint density at radius 2 is 2.24 bits per heavy atom. The highest BCUT2D eigenvalue weighted by molar-refractivity contribution is 7.92. The smallest absolute Gasteiger partial charge is 0.269 e. The Balaban J connectivity index is 2.33. The molecule has 2 aromatic heterocycles. The van der Waals surface area contributed by atoms with Crippen LogP contribution >= 0.6 is 11.6 Å². The average Bonchev–Trinajstić information content (AvgIpc) is 2.64. The Morgan fingerprint density at radius 1 is 1.47 bits per heavy atom. The Morgan fingerprint density at radius 3 is 2.82 bits per heavy atom. The largest absolute Gasteiger partial charge is 0.383 e. The second-order valence-electron chi connectivity index (χ2n) is 2.96. The lowest BCUT2D eigenvalue weighted by atomic mass is 10.7. The van der Waals surface area contributed by atoms with Crippen molar-refractivity contribution in [2.45, 2.75) is 4.90 Å². The van der Waals surface area contributed by atoms with Crippen LogP contribution in [0.1, 0.15) is 0 Å². The van der Waals surface area contributed by atoms with Gasteiger partial charge in [-0.1, -0.05) is 11.6 Å². The predicted octanol–water partition coefficient (Wildman–Crippen LogP) is 0.236. The first kappa shape index (κ1) is 11.6. The van der Waals surface area contributed by atoms with Crippen molar-refractivity contribution in [1.82, 2.24) is 20.2 Å². The molecule has 0 spiro atoms. The summed E-state index contributed by atoms with van der Waals surface area (Å²) < 4.78 is 25.8. The van der Waals surface area contributed by atoms with Crippen LogP contribution in [0, 0.1) is 0 Å². The van der Waals surface area contributed by atoms with E-state index in [-0.39, 0.29) is 21.8 Å². The lowest BCUT2D eigenvalue weighted by molar-refractivity contribution is 0.601. The van der Waals surface area contributed by atoms with Crippen LogP contribution < -0.4 is 10.5 Å². The van der Waals surface area contributed by atoms with Crippen LogP contribution in [-0.4, -0.2) is 28.6 Å². The SMILES string of the molecule is Nc1[nH]ncc1S(=O)(=O)Nc1nccc(Cl)n1. The molecule has 17 heavy (non-hydrogen) atoms. The number of hydrogen-bond acceptors (Lipinski definition) is 6. The van der Waals surface area contributed by atoms with E-state index in [2.05, 4.69) is 24.9 Å². The van der Waals surface area contributed by atoms with Gasteiger partial charge in [0, 0.05) is 6.20 Å². The maximum absolute atomic E-state index is 11.8. The molecule has 8 nitrogen and oxygen atoms in total. The molecule has 0 amide bonds. The van der Waals surface area contributed by atoms with Crippen molar-refractivity contribution < 1.29 is 8.42 Å². The first-order chi connectivity index (χ1) is 7.99. The van der Waals surface area contributed by atoms with Gasteiger partial charge >= 0.3 is 0 Å². The van der Waals surface area contributed by atoms with E-state index in [1.54, 1.807) is 0 Å². The van der Waals surface area contributed by atoms with Gasteiger partial charge in [0.15, 0.2) is 0 Å². The molecule has 0 aliphatic rings. The zero-order chi connectivity index (χ0) is 12.5. The molecule has 2 heterocycles. The van der Waals surface area contributed by atoms with E-state index in [0.29, 0.717) is 0 Å². The van der Waals surface area contributed by atoms with Crippen molar-refractivity contribution in [2.75, 3.05) is 10.5 Å². The molecular weight excluding hydrogens is 268 g/mol. The minimum atomic E-state index is -3.87. The van der Waals surface area contributed by atoms with Gasteiger partial charge in [-0.15, -0.1) is 0 Å². The van der Waals surface area contributed by atoms with E-state index in [4.69, 9.17) is 17.3 Å². The van der Waals surface area contributed by atoms with Gasteiger partial charge < -0.3 is 5.73 Å². The molecule has 10 heteroatoms. The highest BCUT2D eigenvalue weighted by atomic mass is 35.5. The standard InChI is InChI=1S/C7H7ClN6O2S/c8-5-1-2-10-7(12-5)14-17(15,16)4-3-11-13-6(4)9/h1-3H,(H3,9,11,13)(H,10,12,14). The minimum Gasteiger partial charge on any atom is -0.383 e. The summed E-state index contributed by atoms with van der Waals surface area (Å²) in [7, 11) is -3.87. The third-order valence-electron chi connectivity index (χ3n) is 1.77. The highest BCUT2D eigenvalue weighted by Crippen LogP contribution is 2.17. The lowest BCUT2D eigenvalue weighted by Crippen LogP contribution is -2.15. The van der Waals surface area contributed by atoms with Gasteiger partial charge in [0.25, 0.3) is 10.0 Å². The van der Waals surface area contributed by atoms with Gasteiger partial charge in [-0.25, -0.2) is 23.1 Å². The molecule has 0 fully saturated rings. The van der Waals surface area contributed by atoms with Crippen LogP contribution in [-0.2, 0) is 10.0 Å². The summed E-state index contributed by atoms with van der Waals surface area (Å²) in [5.41, 5.74) is 5.41. The number of sulfonamides is 1. The Hall–Kier alpha value is -1.87. The number of anilines is 2. The van der Waals surface area contributed by atoms with E-state index in [9.17, 15) is 8.42 Å². The van der Waals surface area contributed by atoms with Crippen molar-refractivity contribution in [1.29, 1.82) is 0 Å². The van der Waals surface area contributed by atoms with Gasteiger partial charge in [0.1, 0.15) is 15.9 Å². The molecule has 0 atom stereocenters. The zero-order valence-corrected chi connectivity index (χ0v) is 9.83. The summed E-state index contributed by atoms with van der Waals surface area (Å²) in [5, 5.41) is 5.95. The Kier molecular flexibility index (Phi) is 2.86. The molecule has 2 aromatic rings. The van der Waals surface area contributed by atoms with Crippen molar-refractivity contribution in [3.8, 4) is 0 Å². The van der Waals surface area contributed by atoms with Crippen LogP contribution in [0.4, 0.5) is 11.8 Å². The van der Waals surface area contributed by atoms with Gasteiger partial charge in [-0.05, 0) is 6.07 Å². The number of rotatable bonds is 3. The fourth-order valence-electron chi connectivity index (χ4n) is 1.06. The molecule has 2 rings (SSSR count). The normalized spacial score (nSPS) is 11.4. The molecule has 0 saturated heterocycles. The monoisotopic (exact) mass is 274 g/mol. The first-order valence-corrected chi connectivity index (χ1v) is 6.15. The maximum Gasteiger partial charge on any atom is 0.269 e. The zero-order valence-electron chi connectivity index (χ0n) is 8.25. The van der Waals surface area contributed by atoms with Crippen molar-refractivity contribution in [3.05, 3.63) is 23.6 Å². The third-order valence-corrected chi connectivity index (χ3v) is 3.34. The second-order valence-corrected chi connectivity index (χ2v) is 4.99. The van der Waals surface area contributed by atoms with Gasteiger partial charge in [0.2, 0.25) is 5.95 Å². The molecule has 90 valence electrons. The third kappa shape index (κ3) is 2.45. The van der Waals surface area contributed by atoms with Gasteiger partial charge in [-0.2, -0.15) is 5.10 Å². The molecule has 0 unspecified atom stereocenters. The number of aromatic nitrogens is 4. The first-order valence-electron chi connectivity index (χ1n) is 4.29. The topological polar surface area (TPSA) is 127 Å².